The summed E-state index contributed by atoms with van der Waals surface area (Å²) in [4.78, 5) is 15.7. The number of aromatic nitrogens is 3. The molecular formula is C19H20F3N3O2. The van der Waals surface area contributed by atoms with Crippen molar-refractivity contribution in [2.75, 3.05) is 13.7 Å². The molecule has 0 aliphatic carbocycles. The third-order valence-electron chi connectivity index (χ3n) is 4.49. The average Bonchev–Trinajstić information content (AvgIpc) is 2.98. The molecule has 3 aromatic rings. The number of imidazole rings is 1. The zero-order valence-corrected chi connectivity index (χ0v) is 15.5. The number of rotatable bonds is 4. The molecule has 1 atom stereocenters. The van der Waals surface area contributed by atoms with Crippen LogP contribution in [0.3, 0.4) is 0 Å². The van der Waals surface area contributed by atoms with Crippen LogP contribution in [-0.2, 0) is 18.0 Å². The first-order valence-corrected chi connectivity index (χ1v) is 8.39. The molecule has 0 aliphatic rings. The average molecular weight is 379 g/mol. The largest absolute Gasteiger partial charge is 0.449 e. The van der Waals surface area contributed by atoms with Gasteiger partial charge in [-0.1, -0.05) is 6.07 Å². The molecule has 144 valence electrons. The summed E-state index contributed by atoms with van der Waals surface area (Å²) >= 11 is 0. The number of halogens is 3. The second-order valence-electron chi connectivity index (χ2n) is 6.64. The van der Waals surface area contributed by atoms with Crippen LogP contribution in [0.25, 0.3) is 22.2 Å². The van der Waals surface area contributed by atoms with Gasteiger partial charge in [-0.3, -0.25) is 4.79 Å². The van der Waals surface area contributed by atoms with Gasteiger partial charge in [-0.2, -0.15) is 13.2 Å². The van der Waals surface area contributed by atoms with Crippen molar-refractivity contribution >= 4 is 11.0 Å². The molecule has 0 saturated carbocycles. The Morgan fingerprint density at radius 2 is 1.93 bits per heavy atom. The maximum Gasteiger partial charge on any atom is 0.449 e. The van der Waals surface area contributed by atoms with E-state index in [-0.39, 0.29) is 17.7 Å². The minimum atomic E-state index is -4.57. The number of aryl methyl sites for hydroxylation is 2. The Hall–Kier alpha value is -2.61. The van der Waals surface area contributed by atoms with Crippen LogP contribution in [0.15, 0.2) is 35.3 Å². The zero-order valence-electron chi connectivity index (χ0n) is 15.5. The van der Waals surface area contributed by atoms with Crippen molar-refractivity contribution < 1.29 is 17.9 Å². The molecule has 2 aromatic heterocycles. The van der Waals surface area contributed by atoms with Gasteiger partial charge in [0.15, 0.2) is 0 Å². The van der Waals surface area contributed by atoms with Crippen molar-refractivity contribution in [1.29, 1.82) is 0 Å². The number of benzene rings is 1. The minimum absolute atomic E-state index is 0.113. The Morgan fingerprint density at radius 1 is 1.22 bits per heavy atom. The van der Waals surface area contributed by atoms with Crippen LogP contribution in [0.5, 0.6) is 0 Å². The van der Waals surface area contributed by atoms with Crippen molar-refractivity contribution in [3.63, 3.8) is 0 Å². The van der Waals surface area contributed by atoms with Crippen LogP contribution in [0.2, 0.25) is 0 Å². The van der Waals surface area contributed by atoms with E-state index in [1.165, 1.54) is 11.7 Å². The van der Waals surface area contributed by atoms with Gasteiger partial charge in [0.1, 0.15) is 0 Å². The monoisotopic (exact) mass is 379 g/mol. The fraction of sp³-hybridized carbons (Fsp3) is 0.368. The summed E-state index contributed by atoms with van der Waals surface area (Å²) in [5, 5.41) is 0. The van der Waals surface area contributed by atoms with E-state index in [0.29, 0.717) is 16.6 Å². The highest BCUT2D eigenvalue weighted by molar-refractivity contribution is 5.83. The number of alkyl halides is 3. The normalized spacial score (nSPS) is 13.3. The first-order chi connectivity index (χ1) is 12.6. The molecule has 0 N–H and O–H groups in total. The minimum Gasteiger partial charge on any atom is -0.383 e. The molecule has 1 aromatic carbocycles. The number of pyridine rings is 1. The van der Waals surface area contributed by atoms with Crippen molar-refractivity contribution in [1.82, 2.24) is 14.1 Å². The van der Waals surface area contributed by atoms with E-state index in [0.717, 1.165) is 10.1 Å². The van der Waals surface area contributed by atoms with E-state index in [1.807, 2.05) is 0 Å². The van der Waals surface area contributed by atoms with Gasteiger partial charge in [-0.25, -0.2) is 4.98 Å². The van der Waals surface area contributed by atoms with E-state index < -0.39 is 18.0 Å². The molecule has 5 nitrogen and oxygen atoms in total. The molecular weight excluding hydrogens is 359 g/mol. The molecule has 0 radical (unpaired) electrons. The van der Waals surface area contributed by atoms with Crippen LogP contribution >= 0.6 is 0 Å². The summed E-state index contributed by atoms with van der Waals surface area (Å²) in [6, 6.07) is 6.13. The Kier molecular flexibility index (Phi) is 4.86. The molecule has 1 unspecified atom stereocenters. The Balaban J connectivity index is 2.25. The number of ether oxygens (including phenoxy) is 1. The third-order valence-corrected chi connectivity index (χ3v) is 4.49. The summed E-state index contributed by atoms with van der Waals surface area (Å²) < 4.78 is 48.2. The molecule has 3 rings (SSSR count). The highest BCUT2D eigenvalue weighted by Crippen LogP contribution is 2.35. The Morgan fingerprint density at radius 3 is 2.52 bits per heavy atom. The first kappa shape index (κ1) is 19.2. The first-order valence-electron chi connectivity index (χ1n) is 8.39. The summed E-state index contributed by atoms with van der Waals surface area (Å²) in [6.07, 6.45) is -2.91. The van der Waals surface area contributed by atoms with Crippen molar-refractivity contribution in [3.05, 3.63) is 52.2 Å². The predicted octanol–water partition coefficient (Wildman–Crippen LogP) is 3.94. The van der Waals surface area contributed by atoms with E-state index in [9.17, 15) is 18.0 Å². The lowest BCUT2D eigenvalue weighted by Gasteiger charge is -2.18. The molecule has 0 fully saturated rings. The number of hydrogen-bond acceptors (Lipinski definition) is 3. The van der Waals surface area contributed by atoms with Gasteiger partial charge in [0.2, 0.25) is 5.82 Å². The summed E-state index contributed by atoms with van der Waals surface area (Å²) in [7, 11) is 3.09. The van der Waals surface area contributed by atoms with Gasteiger partial charge in [0, 0.05) is 25.9 Å². The molecule has 0 bridgehead atoms. The topological polar surface area (TPSA) is 49.1 Å². The van der Waals surface area contributed by atoms with Crippen LogP contribution in [0.4, 0.5) is 13.2 Å². The summed E-state index contributed by atoms with van der Waals surface area (Å²) in [5.41, 5.74) is 2.54. The van der Waals surface area contributed by atoms with Gasteiger partial charge in [-0.05, 0) is 43.2 Å². The SMILES string of the molecule is COCC(C)n1c(C(F)(F)F)nc2ccc(-c3cc(C)c(=O)n(C)c3)cc21. The summed E-state index contributed by atoms with van der Waals surface area (Å²) in [6.45, 7) is 3.48. The van der Waals surface area contributed by atoms with E-state index in [2.05, 4.69) is 4.98 Å². The smallest absolute Gasteiger partial charge is 0.383 e. The molecule has 0 spiro atoms. The highest BCUT2D eigenvalue weighted by Gasteiger charge is 2.38. The quantitative estimate of drug-likeness (QED) is 0.690. The number of hydrogen-bond donors (Lipinski definition) is 0. The Labute approximate surface area is 154 Å². The van der Waals surface area contributed by atoms with Gasteiger partial charge in [-0.15, -0.1) is 0 Å². The second kappa shape index (κ2) is 6.84. The van der Waals surface area contributed by atoms with Gasteiger partial charge in [0.05, 0.1) is 23.7 Å². The van der Waals surface area contributed by atoms with E-state index in [1.54, 1.807) is 51.4 Å². The maximum absolute atomic E-state index is 13.5. The lowest BCUT2D eigenvalue weighted by molar-refractivity contribution is -0.147. The van der Waals surface area contributed by atoms with Crippen LogP contribution in [0, 0.1) is 6.92 Å². The Bertz CT molecular complexity index is 1020. The number of fused-ring (bicyclic) bond motifs is 1. The molecule has 2 heterocycles. The maximum atomic E-state index is 13.5. The fourth-order valence-electron chi connectivity index (χ4n) is 3.27. The van der Waals surface area contributed by atoms with Gasteiger partial charge >= 0.3 is 6.18 Å². The molecule has 27 heavy (non-hydrogen) atoms. The van der Waals surface area contributed by atoms with Crippen molar-refractivity contribution in [2.45, 2.75) is 26.1 Å². The zero-order chi connectivity index (χ0) is 19.9. The van der Waals surface area contributed by atoms with E-state index >= 15 is 0 Å². The van der Waals surface area contributed by atoms with Crippen molar-refractivity contribution in [2.24, 2.45) is 7.05 Å². The van der Waals surface area contributed by atoms with Gasteiger partial charge < -0.3 is 13.9 Å². The van der Waals surface area contributed by atoms with Crippen LogP contribution in [0.1, 0.15) is 24.4 Å². The molecule has 0 aliphatic heterocycles. The third kappa shape index (κ3) is 3.49. The van der Waals surface area contributed by atoms with Gasteiger partial charge in [0.25, 0.3) is 5.56 Å². The highest BCUT2D eigenvalue weighted by atomic mass is 19.4. The van der Waals surface area contributed by atoms with E-state index in [4.69, 9.17) is 4.74 Å². The second-order valence-corrected chi connectivity index (χ2v) is 6.64. The molecule has 0 saturated heterocycles. The van der Waals surface area contributed by atoms with Crippen molar-refractivity contribution in [3.8, 4) is 11.1 Å². The molecule has 0 amide bonds. The molecule has 8 heteroatoms. The fourth-order valence-corrected chi connectivity index (χ4v) is 3.27. The lowest BCUT2D eigenvalue weighted by Crippen LogP contribution is -2.20. The summed E-state index contributed by atoms with van der Waals surface area (Å²) in [5.74, 6) is -0.948. The van der Waals surface area contributed by atoms with Crippen LogP contribution in [-0.4, -0.2) is 27.8 Å². The predicted molar refractivity (Wildman–Crippen MR) is 96.7 cm³/mol. The lowest BCUT2D eigenvalue weighted by atomic mass is 10.1. The number of nitrogens with zero attached hydrogens (tertiary/aromatic N) is 3. The number of methoxy groups -OCH3 is 1. The standard InChI is InChI=1S/C19H20F3N3O2/c1-11-7-14(9-24(3)17(11)26)13-5-6-15-16(8-13)25(12(2)10-27-4)18(23-15)19(20,21)22/h5-9,12H,10H2,1-4H3. The van der Waals surface area contributed by atoms with Crippen LogP contribution < -0.4 is 5.56 Å².